The third kappa shape index (κ3) is 3.19. The largest absolute Gasteiger partial charge is 0.356 e. The SMILES string of the molecule is NC(CC1CCCNC1=O)NC1CCCC1. The number of hydrogen-bond acceptors (Lipinski definition) is 3. The van der Waals surface area contributed by atoms with E-state index in [-0.39, 0.29) is 18.0 Å². The van der Waals surface area contributed by atoms with Crippen LogP contribution in [0.5, 0.6) is 0 Å². The minimum Gasteiger partial charge on any atom is -0.356 e. The van der Waals surface area contributed by atoms with Crippen molar-refractivity contribution in [3.8, 4) is 0 Å². The molecule has 4 N–H and O–H groups in total. The number of carbonyl (C=O) groups is 1. The molecule has 2 rings (SSSR count). The highest BCUT2D eigenvalue weighted by Gasteiger charge is 2.25. The highest BCUT2D eigenvalue weighted by molar-refractivity contribution is 5.79. The Morgan fingerprint density at radius 2 is 2.06 bits per heavy atom. The van der Waals surface area contributed by atoms with Crippen LogP contribution < -0.4 is 16.4 Å². The lowest BCUT2D eigenvalue weighted by atomic mass is 9.94. The smallest absolute Gasteiger partial charge is 0.223 e. The van der Waals surface area contributed by atoms with E-state index in [1.54, 1.807) is 0 Å². The van der Waals surface area contributed by atoms with E-state index in [9.17, 15) is 4.79 Å². The second-order valence-corrected chi connectivity index (χ2v) is 5.12. The summed E-state index contributed by atoms with van der Waals surface area (Å²) in [5.74, 6) is 0.313. The second-order valence-electron chi connectivity index (χ2n) is 5.12. The van der Waals surface area contributed by atoms with Crippen molar-refractivity contribution in [1.29, 1.82) is 0 Å². The molecule has 2 unspecified atom stereocenters. The lowest BCUT2D eigenvalue weighted by Crippen LogP contribution is -2.47. The van der Waals surface area contributed by atoms with Gasteiger partial charge in [0.15, 0.2) is 0 Å². The Hall–Kier alpha value is -0.610. The van der Waals surface area contributed by atoms with E-state index in [1.807, 2.05) is 0 Å². The van der Waals surface area contributed by atoms with Gasteiger partial charge in [-0.15, -0.1) is 0 Å². The van der Waals surface area contributed by atoms with Crippen LogP contribution in [0.15, 0.2) is 0 Å². The van der Waals surface area contributed by atoms with Crippen LogP contribution in [-0.4, -0.2) is 24.7 Å². The molecule has 4 heteroatoms. The lowest BCUT2D eigenvalue weighted by molar-refractivity contribution is -0.127. The van der Waals surface area contributed by atoms with Gasteiger partial charge < -0.3 is 11.1 Å². The maximum absolute atomic E-state index is 11.6. The Labute approximate surface area is 97.3 Å². The summed E-state index contributed by atoms with van der Waals surface area (Å²) in [6.45, 7) is 0.834. The molecule has 1 saturated heterocycles. The summed E-state index contributed by atoms with van der Waals surface area (Å²) < 4.78 is 0. The van der Waals surface area contributed by atoms with Gasteiger partial charge in [0.1, 0.15) is 0 Å². The van der Waals surface area contributed by atoms with Crippen molar-refractivity contribution in [2.75, 3.05) is 6.54 Å². The molecule has 2 atom stereocenters. The van der Waals surface area contributed by atoms with Gasteiger partial charge in [-0.1, -0.05) is 12.8 Å². The first-order valence-electron chi connectivity index (χ1n) is 6.55. The van der Waals surface area contributed by atoms with Crippen molar-refractivity contribution in [2.24, 2.45) is 11.7 Å². The predicted octanol–water partition coefficient (Wildman–Crippen LogP) is 0.720. The second kappa shape index (κ2) is 5.64. The predicted molar refractivity (Wildman–Crippen MR) is 63.7 cm³/mol. The fourth-order valence-electron chi connectivity index (χ4n) is 2.83. The zero-order chi connectivity index (χ0) is 11.4. The molecule has 2 aliphatic rings. The van der Waals surface area contributed by atoms with Gasteiger partial charge in [0.25, 0.3) is 0 Å². The highest BCUT2D eigenvalue weighted by Crippen LogP contribution is 2.20. The average molecular weight is 225 g/mol. The van der Waals surface area contributed by atoms with Crippen molar-refractivity contribution in [2.45, 2.75) is 57.2 Å². The molecule has 1 saturated carbocycles. The maximum Gasteiger partial charge on any atom is 0.223 e. The molecular weight excluding hydrogens is 202 g/mol. The van der Waals surface area contributed by atoms with Crippen molar-refractivity contribution >= 4 is 5.91 Å². The first kappa shape index (κ1) is 11.9. The Morgan fingerprint density at radius 1 is 1.31 bits per heavy atom. The van der Waals surface area contributed by atoms with Crippen molar-refractivity contribution in [1.82, 2.24) is 10.6 Å². The standard InChI is InChI=1S/C12H23N3O/c13-11(15-10-5-1-2-6-10)8-9-4-3-7-14-12(9)16/h9-11,15H,1-8,13H2,(H,14,16). The number of carbonyl (C=O) groups excluding carboxylic acids is 1. The van der Waals surface area contributed by atoms with Gasteiger partial charge in [0.2, 0.25) is 5.91 Å². The molecule has 92 valence electrons. The van der Waals surface area contributed by atoms with Gasteiger partial charge in [-0.05, 0) is 32.1 Å². The summed E-state index contributed by atoms with van der Waals surface area (Å²) in [4.78, 5) is 11.6. The van der Waals surface area contributed by atoms with Crippen LogP contribution in [0.25, 0.3) is 0 Å². The van der Waals surface area contributed by atoms with Gasteiger partial charge in [-0.2, -0.15) is 0 Å². The first-order chi connectivity index (χ1) is 7.75. The Kier molecular flexibility index (Phi) is 4.18. The Morgan fingerprint density at radius 3 is 2.75 bits per heavy atom. The van der Waals surface area contributed by atoms with E-state index >= 15 is 0 Å². The summed E-state index contributed by atoms with van der Waals surface area (Å²) in [6.07, 6.45) is 7.95. The molecular formula is C12H23N3O. The summed E-state index contributed by atoms with van der Waals surface area (Å²) in [6, 6.07) is 0.585. The van der Waals surface area contributed by atoms with Gasteiger partial charge in [-0.25, -0.2) is 0 Å². The number of amides is 1. The molecule has 0 bridgehead atoms. The Bertz CT molecular complexity index is 238. The van der Waals surface area contributed by atoms with Crippen molar-refractivity contribution in [3.63, 3.8) is 0 Å². The number of rotatable bonds is 4. The third-order valence-corrected chi connectivity index (χ3v) is 3.74. The first-order valence-corrected chi connectivity index (χ1v) is 6.55. The van der Waals surface area contributed by atoms with Crippen molar-refractivity contribution in [3.05, 3.63) is 0 Å². The van der Waals surface area contributed by atoms with Gasteiger partial charge >= 0.3 is 0 Å². The Balaban J connectivity index is 1.72. The van der Waals surface area contributed by atoms with Gasteiger partial charge in [0, 0.05) is 18.5 Å². The summed E-state index contributed by atoms with van der Waals surface area (Å²) in [5, 5.41) is 6.35. The molecule has 0 aromatic carbocycles. The van der Waals surface area contributed by atoms with Gasteiger partial charge in [0.05, 0.1) is 6.17 Å². The van der Waals surface area contributed by atoms with Crippen LogP contribution in [0.2, 0.25) is 0 Å². The number of hydrogen-bond donors (Lipinski definition) is 3. The molecule has 2 fully saturated rings. The molecule has 0 aromatic heterocycles. The van der Waals surface area contributed by atoms with Crippen molar-refractivity contribution < 1.29 is 4.79 Å². The number of piperidine rings is 1. The molecule has 0 radical (unpaired) electrons. The van der Waals surface area contributed by atoms with Crippen LogP contribution in [-0.2, 0) is 4.79 Å². The zero-order valence-corrected chi connectivity index (χ0v) is 9.87. The van der Waals surface area contributed by atoms with Crippen LogP contribution in [0.1, 0.15) is 44.9 Å². The third-order valence-electron chi connectivity index (χ3n) is 3.74. The van der Waals surface area contributed by atoms with E-state index in [1.165, 1.54) is 25.7 Å². The molecule has 0 spiro atoms. The van der Waals surface area contributed by atoms with Crippen LogP contribution in [0, 0.1) is 5.92 Å². The molecule has 0 aromatic rings. The molecule has 16 heavy (non-hydrogen) atoms. The minimum atomic E-state index is -0.0167. The number of nitrogens with one attached hydrogen (secondary N) is 2. The average Bonchev–Trinajstić information content (AvgIpc) is 2.74. The molecule has 4 nitrogen and oxygen atoms in total. The molecule has 1 aliphatic carbocycles. The van der Waals surface area contributed by atoms with E-state index in [2.05, 4.69) is 10.6 Å². The highest BCUT2D eigenvalue weighted by atomic mass is 16.1. The van der Waals surface area contributed by atoms with E-state index < -0.39 is 0 Å². The monoisotopic (exact) mass is 225 g/mol. The minimum absolute atomic E-state index is 0.0167. The molecule has 1 amide bonds. The summed E-state index contributed by atoms with van der Waals surface area (Å²) in [7, 11) is 0. The van der Waals surface area contributed by atoms with Gasteiger partial charge in [-0.3, -0.25) is 10.1 Å². The summed E-state index contributed by atoms with van der Waals surface area (Å²) >= 11 is 0. The fourth-order valence-corrected chi connectivity index (χ4v) is 2.83. The maximum atomic E-state index is 11.6. The van der Waals surface area contributed by atoms with E-state index in [0.29, 0.717) is 6.04 Å². The fraction of sp³-hybridized carbons (Fsp3) is 0.917. The van der Waals surface area contributed by atoms with Crippen LogP contribution >= 0.6 is 0 Å². The van der Waals surface area contributed by atoms with E-state index in [0.717, 1.165) is 25.8 Å². The quantitative estimate of drug-likeness (QED) is 0.618. The lowest BCUT2D eigenvalue weighted by Gasteiger charge is -2.26. The molecule has 1 heterocycles. The van der Waals surface area contributed by atoms with E-state index in [4.69, 9.17) is 5.73 Å². The topological polar surface area (TPSA) is 67.1 Å². The summed E-state index contributed by atoms with van der Waals surface area (Å²) in [5.41, 5.74) is 6.06. The number of nitrogens with two attached hydrogens (primary N) is 1. The van der Waals surface area contributed by atoms with Crippen LogP contribution in [0.3, 0.4) is 0 Å². The molecule has 1 aliphatic heterocycles. The van der Waals surface area contributed by atoms with Crippen LogP contribution in [0.4, 0.5) is 0 Å². The normalized spacial score (nSPS) is 29.1. The zero-order valence-electron chi connectivity index (χ0n) is 9.87.